The molecule has 0 bridgehead atoms. The molecule has 3 aromatic rings. The van der Waals surface area contributed by atoms with Crippen LogP contribution in [0.2, 0.25) is 5.02 Å². The minimum absolute atomic E-state index is 0.00555. The van der Waals surface area contributed by atoms with Gasteiger partial charge in [0.05, 0.1) is 31.1 Å². The summed E-state index contributed by atoms with van der Waals surface area (Å²) in [5.74, 6) is -0.208. The number of ether oxygens (including phenoxy) is 1. The van der Waals surface area contributed by atoms with Gasteiger partial charge in [0.15, 0.2) is 0 Å². The van der Waals surface area contributed by atoms with Crippen molar-refractivity contribution < 1.29 is 9.53 Å². The first-order valence-electron chi connectivity index (χ1n) is 9.74. The number of benzene rings is 2. The van der Waals surface area contributed by atoms with Crippen LogP contribution in [0.15, 0.2) is 60.8 Å². The van der Waals surface area contributed by atoms with Gasteiger partial charge in [-0.1, -0.05) is 59.3 Å². The van der Waals surface area contributed by atoms with E-state index in [-0.39, 0.29) is 17.9 Å². The van der Waals surface area contributed by atoms with Crippen molar-refractivity contribution in [3.05, 3.63) is 82.6 Å². The van der Waals surface area contributed by atoms with Crippen LogP contribution in [0.3, 0.4) is 0 Å². The minimum Gasteiger partial charge on any atom is -0.373 e. The maximum absolute atomic E-state index is 13.2. The Morgan fingerprint density at radius 2 is 2.03 bits per heavy atom. The van der Waals surface area contributed by atoms with Gasteiger partial charge in [0.2, 0.25) is 5.91 Å². The number of amides is 1. The molecule has 0 radical (unpaired) electrons. The zero-order valence-electron chi connectivity index (χ0n) is 16.0. The molecule has 1 amide bonds. The molecule has 1 aliphatic heterocycles. The first-order chi connectivity index (χ1) is 14.2. The summed E-state index contributed by atoms with van der Waals surface area (Å²) in [4.78, 5) is 13.2. The van der Waals surface area contributed by atoms with Gasteiger partial charge in [0, 0.05) is 17.5 Å². The Balaban J connectivity index is 1.60. The lowest BCUT2D eigenvalue weighted by Gasteiger charge is -2.23. The predicted octanol–water partition coefficient (Wildman–Crippen LogP) is 3.57. The summed E-state index contributed by atoms with van der Waals surface area (Å²) in [5, 5.41) is 12.0. The van der Waals surface area contributed by atoms with Crippen molar-refractivity contribution in [3.63, 3.8) is 0 Å². The Morgan fingerprint density at radius 1 is 1.17 bits per heavy atom. The molecule has 0 saturated carbocycles. The fourth-order valence-electron chi connectivity index (χ4n) is 3.61. The Bertz CT molecular complexity index is 960. The van der Waals surface area contributed by atoms with Crippen molar-refractivity contribution in [2.75, 3.05) is 6.61 Å². The molecule has 4 rings (SSSR count). The van der Waals surface area contributed by atoms with E-state index in [4.69, 9.17) is 16.3 Å². The normalized spacial score (nSPS) is 20.4. The third-order valence-electron chi connectivity index (χ3n) is 5.18. The molecule has 0 saturated heterocycles. The number of nitrogens with zero attached hydrogens (tertiary/aromatic N) is 3. The summed E-state index contributed by atoms with van der Waals surface area (Å²) in [6, 6.07) is 17.4. The molecule has 7 heteroatoms. The van der Waals surface area contributed by atoms with Crippen LogP contribution in [0.4, 0.5) is 0 Å². The molecule has 29 heavy (non-hydrogen) atoms. The highest BCUT2D eigenvalue weighted by molar-refractivity contribution is 6.30. The van der Waals surface area contributed by atoms with E-state index in [1.807, 2.05) is 59.3 Å². The molecule has 2 heterocycles. The van der Waals surface area contributed by atoms with Crippen molar-refractivity contribution >= 4 is 17.5 Å². The average molecular weight is 411 g/mol. The van der Waals surface area contributed by atoms with Crippen molar-refractivity contribution in [2.45, 2.75) is 32.0 Å². The van der Waals surface area contributed by atoms with E-state index in [9.17, 15) is 4.79 Å². The number of rotatable bonds is 3. The van der Waals surface area contributed by atoms with E-state index in [2.05, 4.69) is 15.6 Å². The SMILES string of the molecule is O=C1N[C@@H](c2ccccc2)COCc2cnnn2CC[C@@H]1Cc1cccc(Cl)c1. The zero-order valence-corrected chi connectivity index (χ0v) is 16.8. The van der Waals surface area contributed by atoms with E-state index in [1.165, 1.54) is 0 Å². The zero-order chi connectivity index (χ0) is 20.1. The van der Waals surface area contributed by atoms with Crippen LogP contribution < -0.4 is 5.32 Å². The second kappa shape index (κ2) is 9.20. The summed E-state index contributed by atoms with van der Waals surface area (Å²) < 4.78 is 7.72. The van der Waals surface area contributed by atoms with Gasteiger partial charge in [0.25, 0.3) is 0 Å². The Hall–Kier alpha value is -2.70. The highest BCUT2D eigenvalue weighted by Gasteiger charge is 2.25. The van der Waals surface area contributed by atoms with E-state index < -0.39 is 0 Å². The fraction of sp³-hybridized carbons (Fsp3) is 0.318. The van der Waals surface area contributed by atoms with Crippen molar-refractivity contribution in [1.82, 2.24) is 20.3 Å². The van der Waals surface area contributed by atoms with E-state index >= 15 is 0 Å². The van der Waals surface area contributed by atoms with Crippen LogP contribution in [0.1, 0.15) is 29.3 Å². The standard InChI is InChI=1S/C22H23ClN4O2/c23-19-8-4-5-16(12-19)11-18-9-10-27-20(13-24-26-27)14-29-15-21(25-22(18)28)17-6-2-1-3-7-17/h1-8,12-13,18,21H,9-11,14-15H2,(H,25,28)/t18-,21-/m1/s1. The second-order valence-corrected chi connectivity index (χ2v) is 7.69. The van der Waals surface area contributed by atoms with Gasteiger partial charge in [0.1, 0.15) is 0 Å². The quantitative estimate of drug-likeness (QED) is 0.716. The van der Waals surface area contributed by atoms with E-state index in [1.54, 1.807) is 6.20 Å². The van der Waals surface area contributed by atoms with Crippen LogP contribution in [-0.2, 0) is 29.1 Å². The monoisotopic (exact) mass is 410 g/mol. The minimum atomic E-state index is -0.215. The highest BCUT2D eigenvalue weighted by atomic mass is 35.5. The molecule has 0 fully saturated rings. The number of halogens is 1. The van der Waals surface area contributed by atoms with Crippen molar-refractivity contribution in [2.24, 2.45) is 5.92 Å². The first kappa shape index (κ1) is 19.6. The average Bonchev–Trinajstić information content (AvgIpc) is 3.17. The summed E-state index contributed by atoms with van der Waals surface area (Å²) in [6.45, 7) is 1.39. The maximum atomic E-state index is 13.2. The third kappa shape index (κ3) is 5.02. The highest BCUT2D eigenvalue weighted by Crippen LogP contribution is 2.21. The van der Waals surface area contributed by atoms with Crippen LogP contribution in [0.25, 0.3) is 0 Å². The van der Waals surface area contributed by atoms with Crippen LogP contribution >= 0.6 is 11.6 Å². The molecule has 0 aliphatic carbocycles. The molecule has 0 unspecified atom stereocenters. The molecule has 2 atom stereocenters. The third-order valence-corrected chi connectivity index (χ3v) is 5.42. The summed E-state index contributed by atoms with van der Waals surface area (Å²) in [6.07, 6.45) is 2.98. The Kier molecular flexibility index (Phi) is 6.22. The number of carbonyl (C=O) groups is 1. The second-order valence-electron chi connectivity index (χ2n) is 7.26. The van der Waals surface area contributed by atoms with Crippen molar-refractivity contribution in [1.29, 1.82) is 0 Å². The lowest BCUT2D eigenvalue weighted by atomic mass is 9.94. The number of nitrogens with one attached hydrogen (secondary N) is 1. The molecule has 150 valence electrons. The molecule has 1 N–H and O–H groups in total. The fourth-order valence-corrected chi connectivity index (χ4v) is 3.82. The summed E-state index contributed by atoms with van der Waals surface area (Å²) in [7, 11) is 0. The topological polar surface area (TPSA) is 69.0 Å². The largest absolute Gasteiger partial charge is 0.373 e. The van der Waals surface area contributed by atoms with Gasteiger partial charge in [-0.25, -0.2) is 4.68 Å². The number of hydrogen-bond donors (Lipinski definition) is 1. The van der Waals surface area contributed by atoms with Gasteiger partial charge < -0.3 is 10.1 Å². The number of aryl methyl sites for hydroxylation is 1. The van der Waals surface area contributed by atoms with Crippen molar-refractivity contribution in [3.8, 4) is 0 Å². The number of carbonyl (C=O) groups excluding carboxylic acids is 1. The molecular weight excluding hydrogens is 388 g/mol. The van der Waals surface area contributed by atoms with Gasteiger partial charge in [-0.2, -0.15) is 0 Å². The number of fused-ring (bicyclic) bond motifs is 1. The number of aromatic nitrogens is 3. The van der Waals surface area contributed by atoms with Gasteiger partial charge in [-0.05, 0) is 36.1 Å². The molecule has 6 nitrogen and oxygen atoms in total. The Labute approximate surface area is 174 Å². The molecule has 2 aromatic carbocycles. The van der Waals surface area contributed by atoms with E-state index in [0.717, 1.165) is 16.8 Å². The smallest absolute Gasteiger partial charge is 0.224 e. The van der Waals surface area contributed by atoms with E-state index in [0.29, 0.717) is 37.6 Å². The Morgan fingerprint density at radius 3 is 2.86 bits per heavy atom. The van der Waals surface area contributed by atoms with Gasteiger partial charge in [-0.15, -0.1) is 5.10 Å². The molecular formula is C22H23ClN4O2. The first-order valence-corrected chi connectivity index (χ1v) is 10.1. The lowest BCUT2D eigenvalue weighted by Crippen LogP contribution is -2.37. The predicted molar refractivity (Wildman–Crippen MR) is 110 cm³/mol. The van der Waals surface area contributed by atoms with Crippen LogP contribution in [0, 0.1) is 5.92 Å². The molecule has 1 aromatic heterocycles. The maximum Gasteiger partial charge on any atom is 0.224 e. The summed E-state index contributed by atoms with van der Waals surface area (Å²) >= 11 is 6.14. The lowest BCUT2D eigenvalue weighted by molar-refractivity contribution is -0.126. The van der Waals surface area contributed by atoms with Crippen LogP contribution in [0.5, 0.6) is 0 Å². The summed E-state index contributed by atoms with van der Waals surface area (Å²) in [5.41, 5.74) is 2.97. The molecule has 0 spiro atoms. The number of hydrogen-bond acceptors (Lipinski definition) is 4. The molecule has 1 aliphatic rings. The van der Waals surface area contributed by atoms with Crippen LogP contribution in [-0.4, -0.2) is 27.5 Å². The van der Waals surface area contributed by atoms with Gasteiger partial charge >= 0.3 is 0 Å². The van der Waals surface area contributed by atoms with Gasteiger partial charge in [-0.3, -0.25) is 4.79 Å².